The van der Waals surface area contributed by atoms with Crippen molar-refractivity contribution in [1.29, 1.82) is 0 Å². The molecule has 1 saturated carbocycles. The van der Waals surface area contributed by atoms with Crippen molar-refractivity contribution in [3.63, 3.8) is 0 Å². The zero-order chi connectivity index (χ0) is 17.9. The summed E-state index contributed by atoms with van der Waals surface area (Å²) in [5.41, 5.74) is 1.34. The highest BCUT2D eigenvalue weighted by atomic mass is 16.3. The molecule has 6 heteroatoms. The fraction of sp³-hybridized carbons (Fsp3) is 0.474. The minimum absolute atomic E-state index is 0.106. The van der Waals surface area contributed by atoms with Crippen molar-refractivity contribution in [2.75, 3.05) is 13.6 Å². The van der Waals surface area contributed by atoms with Crippen LogP contribution in [0.1, 0.15) is 44.2 Å². The fourth-order valence-electron chi connectivity index (χ4n) is 3.43. The van der Waals surface area contributed by atoms with Gasteiger partial charge in [-0.05, 0) is 37.5 Å². The second-order valence-corrected chi connectivity index (χ2v) is 7.02. The number of carbonyl (C=O) groups is 1. The molecular weight excluding hydrogens is 316 g/mol. The topological polar surface area (TPSA) is 70.4 Å². The Labute approximate surface area is 148 Å². The Morgan fingerprint density at radius 2 is 2.04 bits per heavy atom. The molecule has 134 valence electrons. The van der Waals surface area contributed by atoms with E-state index in [-0.39, 0.29) is 12.1 Å². The minimum atomic E-state index is -0.720. The Kier molecular flexibility index (Phi) is 5.08. The van der Waals surface area contributed by atoms with Crippen molar-refractivity contribution in [3.8, 4) is 5.69 Å². The lowest BCUT2D eigenvalue weighted by Crippen LogP contribution is -2.46. The second-order valence-electron chi connectivity index (χ2n) is 7.02. The van der Waals surface area contributed by atoms with E-state index >= 15 is 0 Å². The number of hydrogen-bond donors (Lipinski definition) is 2. The third kappa shape index (κ3) is 4.20. The molecule has 0 radical (unpaired) electrons. The molecule has 1 heterocycles. The maximum absolute atomic E-state index is 12.4. The molecular formula is C19H26N4O2. The van der Waals surface area contributed by atoms with Crippen LogP contribution in [0, 0.1) is 0 Å². The van der Waals surface area contributed by atoms with Gasteiger partial charge in [-0.25, -0.2) is 9.78 Å². The molecule has 0 spiro atoms. The largest absolute Gasteiger partial charge is 0.388 e. The van der Waals surface area contributed by atoms with Crippen LogP contribution in [0.4, 0.5) is 4.79 Å². The molecule has 2 aromatic rings. The monoisotopic (exact) mass is 342 g/mol. The summed E-state index contributed by atoms with van der Waals surface area (Å²) in [4.78, 5) is 18.0. The number of nitrogens with zero attached hydrogens (tertiary/aromatic N) is 3. The van der Waals surface area contributed by atoms with Crippen LogP contribution in [0.5, 0.6) is 0 Å². The highest BCUT2D eigenvalue weighted by Gasteiger charge is 2.33. The van der Waals surface area contributed by atoms with Crippen LogP contribution in [0.3, 0.4) is 0 Å². The van der Waals surface area contributed by atoms with Gasteiger partial charge in [-0.15, -0.1) is 0 Å². The average molecular weight is 342 g/mol. The van der Waals surface area contributed by atoms with Crippen molar-refractivity contribution >= 4 is 6.03 Å². The summed E-state index contributed by atoms with van der Waals surface area (Å²) < 4.78 is 1.93. The van der Waals surface area contributed by atoms with Crippen LogP contribution < -0.4 is 5.32 Å². The molecule has 1 aliphatic carbocycles. The van der Waals surface area contributed by atoms with Gasteiger partial charge < -0.3 is 19.9 Å². The predicted molar refractivity (Wildman–Crippen MR) is 96.6 cm³/mol. The van der Waals surface area contributed by atoms with E-state index in [2.05, 4.69) is 10.3 Å². The number of likely N-dealkylation sites (N-methyl/N-ethyl adjacent to an activating group) is 1. The molecule has 3 rings (SSSR count). The van der Waals surface area contributed by atoms with Gasteiger partial charge in [-0.2, -0.15) is 0 Å². The van der Waals surface area contributed by atoms with Crippen molar-refractivity contribution in [1.82, 2.24) is 19.8 Å². The second kappa shape index (κ2) is 7.27. The van der Waals surface area contributed by atoms with Crippen LogP contribution in [0.15, 0.2) is 43.0 Å². The molecule has 0 bridgehead atoms. The van der Waals surface area contributed by atoms with Gasteiger partial charge in [0, 0.05) is 25.1 Å². The number of aliphatic hydroxyl groups is 1. The Morgan fingerprint density at radius 1 is 1.36 bits per heavy atom. The molecule has 6 nitrogen and oxygen atoms in total. The van der Waals surface area contributed by atoms with Gasteiger partial charge in [0.05, 0.1) is 24.5 Å². The Morgan fingerprint density at radius 3 is 2.64 bits per heavy atom. The van der Waals surface area contributed by atoms with E-state index in [1.54, 1.807) is 24.5 Å². The quantitative estimate of drug-likeness (QED) is 0.878. The van der Waals surface area contributed by atoms with E-state index in [9.17, 15) is 9.90 Å². The van der Waals surface area contributed by atoms with Gasteiger partial charge in [-0.3, -0.25) is 0 Å². The molecule has 25 heavy (non-hydrogen) atoms. The Hall–Kier alpha value is -2.34. The molecule has 0 saturated heterocycles. The zero-order valence-corrected chi connectivity index (χ0v) is 14.9. The maximum Gasteiger partial charge on any atom is 0.317 e. The number of aromatic nitrogens is 2. The first-order valence-corrected chi connectivity index (χ1v) is 8.79. The van der Waals surface area contributed by atoms with Gasteiger partial charge in [-0.1, -0.05) is 25.0 Å². The molecule has 1 aliphatic rings. The fourth-order valence-corrected chi connectivity index (χ4v) is 3.43. The number of nitrogens with one attached hydrogen (secondary N) is 1. The molecule has 0 aliphatic heterocycles. The highest BCUT2D eigenvalue weighted by Crippen LogP contribution is 2.30. The molecule has 1 fully saturated rings. The van der Waals surface area contributed by atoms with Gasteiger partial charge in [0.1, 0.15) is 0 Å². The Balaban J connectivity index is 1.57. The lowest BCUT2D eigenvalue weighted by Gasteiger charge is -2.29. The summed E-state index contributed by atoms with van der Waals surface area (Å²) in [5, 5.41) is 13.5. The number of hydrogen-bond acceptors (Lipinski definition) is 3. The van der Waals surface area contributed by atoms with Crippen LogP contribution in [0.2, 0.25) is 0 Å². The predicted octanol–water partition coefficient (Wildman–Crippen LogP) is 2.88. The number of amides is 2. The van der Waals surface area contributed by atoms with Crippen LogP contribution in [-0.2, 0) is 0 Å². The van der Waals surface area contributed by atoms with E-state index in [1.807, 2.05) is 42.0 Å². The van der Waals surface area contributed by atoms with Crippen molar-refractivity contribution in [2.24, 2.45) is 0 Å². The van der Waals surface area contributed by atoms with Crippen molar-refractivity contribution in [3.05, 3.63) is 48.5 Å². The molecule has 1 unspecified atom stereocenters. The molecule has 1 aromatic heterocycles. The van der Waals surface area contributed by atoms with Gasteiger partial charge in [0.2, 0.25) is 0 Å². The number of rotatable bonds is 5. The first-order valence-electron chi connectivity index (χ1n) is 8.79. The number of benzene rings is 1. The van der Waals surface area contributed by atoms with E-state index in [0.29, 0.717) is 6.54 Å². The lowest BCUT2D eigenvalue weighted by molar-refractivity contribution is 0.0245. The number of urea groups is 1. The summed E-state index contributed by atoms with van der Waals surface area (Å²) in [6.07, 6.45) is 9.00. The first-order chi connectivity index (χ1) is 12.0. The summed E-state index contributed by atoms with van der Waals surface area (Å²) in [7, 11) is 1.74. The van der Waals surface area contributed by atoms with Gasteiger partial charge >= 0.3 is 6.03 Å². The maximum atomic E-state index is 12.4. The van der Waals surface area contributed by atoms with Crippen LogP contribution in [-0.4, -0.2) is 44.8 Å². The highest BCUT2D eigenvalue weighted by molar-refractivity contribution is 5.74. The van der Waals surface area contributed by atoms with E-state index in [4.69, 9.17) is 0 Å². The Bertz CT molecular complexity index is 691. The summed E-state index contributed by atoms with van der Waals surface area (Å²) in [6, 6.07) is 7.75. The molecule has 2 amide bonds. The lowest BCUT2D eigenvalue weighted by atomic mass is 10.0. The average Bonchev–Trinajstić information content (AvgIpc) is 3.27. The van der Waals surface area contributed by atoms with Crippen LogP contribution in [0.25, 0.3) is 5.69 Å². The molecule has 1 atom stereocenters. The SMILES string of the molecule is CC(NC(=O)N(C)CC1(O)CCCC1)c1ccc(-n2ccnc2)cc1. The summed E-state index contributed by atoms with van der Waals surface area (Å²) in [5.74, 6) is 0. The van der Waals surface area contributed by atoms with Crippen molar-refractivity contribution in [2.45, 2.75) is 44.2 Å². The third-order valence-electron chi connectivity index (χ3n) is 4.95. The number of imidazole rings is 1. The van der Waals surface area contributed by atoms with Gasteiger partial charge in [0.25, 0.3) is 0 Å². The zero-order valence-electron chi connectivity index (χ0n) is 14.9. The molecule has 2 N–H and O–H groups in total. The van der Waals surface area contributed by atoms with Gasteiger partial charge in [0.15, 0.2) is 0 Å². The van der Waals surface area contributed by atoms with Crippen molar-refractivity contribution < 1.29 is 9.90 Å². The van der Waals surface area contributed by atoms with Crippen LogP contribution >= 0.6 is 0 Å². The normalized spacial score (nSPS) is 17.2. The van der Waals surface area contributed by atoms with E-state index < -0.39 is 5.60 Å². The first kappa shape index (κ1) is 17.5. The summed E-state index contributed by atoms with van der Waals surface area (Å²) in [6.45, 7) is 2.34. The van der Waals surface area contributed by atoms with E-state index in [1.165, 1.54) is 0 Å². The standard InChI is InChI=1S/C19H26N4O2/c1-15(16-5-7-17(8-6-16)23-12-11-20-14-23)21-18(24)22(2)13-19(25)9-3-4-10-19/h5-8,11-12,14-15,25H,3-4,9-10,13H2,1-2H3,(H,21,24). The number of carbonyl (C=O) groups excluding carboxylic acids is 1. The summed E-state index contributed by atoms with van der Waals surface area (Å²) >= 11 is 0. The molecule has 1 aromatic carbocycles. The smallest absolute Gasteiger partial charge is 0.317 e. The minimum Gasteiger partial charge on any atom is -0.388 e. The third-order valence-corrected chi connectivity index (χ3v) is 4.95. The van der Waals surface area contributed by atoms with E-state index in [0.717, 1.165) is 36.9 Å².